The lowest BCUT2D eigenvalue weighted by molar-refractivity contribution is -0.119. The molecule has 2 aromatic rings. The van der Waals surface area contributed by atoms with Crippen LogP contribution in [0.5, 0.6) is 0 Å². The van der Waals surface area contributed by atoms with E-state index in [1.807, 2.05) is 53.4 Å². The summed E-state index contributed by atoms with van der Waals surface area (Å²) in [7, 11) is 0. The van der Waals surface area contributed by atoms with Crippen LogP contribution in [-0.2, 0) is 16.1 Å². The second-order valence-corrected chi connectivity index (χ2v) is 5.82. The van der Waals surface area contributed by atoms with Gasteiger partial charge in [-0.25, -0.2) is 0 Å². The van der Waals surface area contributed by atoms with Crippen LogP contribution in [0.2, 0.25) is 0 Å². The lowest BCUT2D eigenvalue weighted by Gasteiger charge is -2.26. The van der Waals surface area contributed by atoms with Crippen LogP contribution in [0.25, 0.3) is 0 Å². The number of hydrogen-bond donors (Lipinski definition) is 0. The number of fused-ring (bicyclic) bond motifs is 2. The van der Waals surface area contributed by atoms with Gasteiger partial charge in [0.15, 0.2) is 0 Å². The highest BCUT2D eigenvalue weighted by molar-refractivity contribution is 5.95. The van der Waals surface area contributed by atoms with E-state index in [0.717, 1.165) is 41.5 Å². The van der Waals surface area contributed by atoms with Crippen molar-refractivity contribution >= 4 is 17.9 Å². The molecule has 1 aliphatic heterocycles. The standard InChI is InChI=1S/C21H19NO2/c23-15-7-1-2-12-21(24)22-16-19-10-4-3-8-17(19)13-14-18-9-5-6-11-20(18)22/h3-6,8-11,15H,1-2,7,12,16H2. The van der Waals surface area contributed by atoms with Gasteiger partial charge >= 0.3 is 0 Å². The third kappa shape index (κ3) is 3.55. The number of anilines is 1. The van der Waals surface area contributed by atoms with Gasteiger partial charge < -0.3 is 9.69 Å². The minimum absolute atomic E-state index is 0.0758. The van der Waals surface area contributed by atoms with Crippen molar-refractivity contribution in [2.45, 2.75) is 32.2 Å². The van der Waals surface area contributed by atoms with Gasteiger partial charge in [0.2, 0.25) is 5.91 Å². The highest BCUT2D eigenvalue weighted by atomic mass is 16.2. The summed E-state index contributed by atoms with van der Waals surface area (Å²) in [5.41, 5.74) is 3.75. The van der Waals surface area contributed by atoms with E-state index >= 15 is 0 Å². The van der Waals surface area contributed by atoms with Crippen LogP contribution < -0.4 is 4.90 Å². The third-order valence-corrected chi connectivity index (χ3v) is 4.14. The molecular weight excluding hydrogens is 298 g/mol. The van der Waals surface area contributed by atoms with Crippen LogP contribution in [0.1, 0.15) is 42.4 Å². The minimum Gasteiger partial charge on any atom is -0.307 e. The first-order chi connectivity index (χ1) is 11.8. The summed E-state index contributed by atoms with van der Waals surface area (Å²) in [5.74, 6) is 6.48. The topological polar surface area (TPSA) is 37.4 Å². The molecule has 2 aromatic carbocycles. The summed E-state index contributed by atoms with van der Waals surface area (Å²) in [5, 5.41) is 0. The number of nitrogens with zero attached hydrogens (tertiary/aromatic N) is 1. The number of para-hydroxylation sites is 1. The van der Waals surface area contributed by atoms with E-state index in [9.17, 15) is 9.59 Å². The van der Waals surface area contributed by atoms with Gasteiger partial charge in [0.25, 0.3) is 0 Å². The van der Waals surface area contributed by atoms with Crippen molar-refractivity contribution in [2.24, 2.45) is 0 Å². The average Bonchev–Trinajstić information content (AvgIpc) is 2.60. The predicted octanol–water partition coefficient (Wildman–Crippen LogP) is 3.69. The molecule has 1 heterocycles. The summed E-state index contributed by atoms with van der Waals surface area (Å²) in [6.45, 7) is 0.522. The molecule has 0 fully saturated rings. The lowest BCUT2D eigenvalue weighted by Crippen LogP contribution is -2.31. The fraction of sp³-hybridized carbons (Fsp3) is 0.238. The van der Waals surface area contributed by atoms with Crippen molar-refractivity contribution < 1.29 is 9.59 Å². The highest BCUT2D eigenvalue weighted by Gasteiger charge is 2.20. The Bertz CT molecular complexity index is 814. The maximum atomic E-state index is 12.8. The summed E-state index contributed by atoms with van der Waals surface area (Å²) in [6, 6.07) is 15.7. The maximum absolute atomic E-state index is 12.8. The molecule has 120 valence electrons. The fourth-order valence-electron chi connectivity index (χ4n) is 2.85. The van der Waals surface area contributed by atoms with E-state index in [4.69, 9.17) is 0 Å². The van der Waals surface area contributed by atoms with Crippen LogP contribution >= 0.6 is 0 Å². The van der Waals surface area contributed by atoms with E-state index < -0.39 is 0 Å². The molecule has 0 aliphatic carbocycles. The Morgan fingerprint density at radius 2 is 1.71 bits per heavy atom. The van der Waals surface area contributed by atoms with Crippen LogP contribution in [-0.4, -0.2) is 12.2 Å². The van der Waals surface area contributed by atoms with Gasteiger partial charge in [0.1, 0.15) is 6.29 Å². The zero-order valence-corrected chi connectivity index (χ0v) is 13.5. The van der Waals surface area contributed by atoms with E-state index in [0.29, 0.717) is 19.4 Å². The van der Waals surface area contributed by atoms with Crippen molar-refractivity contribution in [3.63, 3.8) is 0 Å². The van der Waals surface area contributed by atoms with Gasteiger partial charge in [-0.2, -0.15) is 0 Å². The van der Waals surface area contributed by atoms with Crippen LogP contribution in [0, 0.1) is 11.8 Å². The fourth-order valence-corrected chi connectivity index (χ4v) is 2.85. The second-order valence-electron chi connectivity index (χ2n) is 5.82. The number of amides is 1. The zero-order valence-electron chi connectivity index (χ0n) is 13.5. The predicted molar refractivity (Wildman–Crippen MR) is 94.6 cm³/mol. The summed E-state index contributed by atoms with van der Waals surface area (Å²) < 4.78 is 0. The SMILES string of the molecule is O=CCCCCC(=O)N1Cc2ccccc2C#Cc2ccccc21. The van der Waals surface area contributed by atoms with E-state index in [-0.39, 0.29) is 5.91 Å². The number of aldehydes is 1. The average molecular weight is 317 g/mol. The normalized spacial score (nSPS) is 12.1. The number of hydrogen-bond acceptors (Lipinski definition) is 2. The Morgan fingerprint density at radius 1 is 1.00 bits per heavy atom. The molecule has 0 unspecified atom stereocenters. The molecule has 0 radical (unpaired) electrons. The number of benzene rings is 2. The van der Waals surface area contributed by atoms with Gasteiger partial charge in [-0.3, -0.25) is 4.79 Å². The van der Waals surface area contributed by atoms with E-state index in [1.165, 1.54) is 0 Å². The van der Waals surface area contributed by atoms with Crippen molar-refractivity contribution in [1.29, 1.82) is 0 Å². The van der Waals surface area contributed by atoms with Crippen molar-refractivity contribution in [2.75, 3.05) is 4.90 Å². The van der Waals surface area contributed by atoms with E-state index in [1.54, 1.807) is 0 Å². The van der Waals surface area contributed by atoms with Gasteiger partial charge in [-0.05, 0) is 36.6 Å². The smallest absolute Gasteiger partial charge is 0.227 e. The Balaban J connectivity index is 1.92. The van der Waals surface area contributed by atoms with Crippen molar-refractivity contribution in [3.05, 3.63) is 65.2 Å². The molecule has 3 nitrogen and oxygen atoms in total. The number of unbranched alkanes of at least 4 members (excludes halogenated alkanes) is 2. The molecule has 1 aliphatic rings. The monoisotopic (exact) mass is 317 g/mol. The van der Waals surface area contributed by atoms with Crippen molar-refractivity contribution in [3.8, 4) is 11.8 Å². The summed E-state index contributed by atoms with van der Waals surface area (Å²) in [4.78, 5) is 25.0. The highest BCUT2D eigenvalue weighted by Crippen LogP contribution is 2.26. The molecular formula is C21H19NO2. The first kappa shape index (κ1) is 16.0. The number of carbonyl (C=O) groups is 2. The van der Waals surface area contributed by atoms with Crippen LogP contribution in [0.4, 0.5) is 5.69 Å². The van der Waals surface area contributed by atoms with Gasteiger partial charge in [-0.1, -0.05) is 42.2 Å². The first-order valence-corrected chi connectivity index (χ1v) is 8.22. The molecule has 0 atom stereocenters. The Hall–Kier alpha value is -2.86. The Kier molecular flexibility index (Phi) is 5.08. The number of rotatable bonds is 5. The summed E-state index contributed by atoms with van der Waals surface area (Å²) >= 11 is 0. The first-order valence-electron chi connectivity index (χ1n) is 8.22. The van der Waals surface area contributed by atoms with Gasteiger partial charge in [0.05, 0.1) is 12.2 Å². The van der Waals surface area contributed by atoms with E-state index in [2.05, 4.69) is 11.8 Å². The molecule has 0 aromatic heterocycles. The second kappa shape index (κ2) is 7.61. The molecule has 0 bridgehead atoms. The third-order valence-electron chi connectivity index (χ3n) is 4.14. The van der Waals surface area contributed by atoms with Crippen LogP contribution in [0.3, 0.4) is 0 Å². The Labute approximate surface area is 142 Å². The van der Waals surface area contributed by atoms with Gasteiger partial charge in [0, 0.05) is 24.0 Å². The summed E-state index contributed by atoms with van der Waals surface area (Å²) in [6.07, 6.45) is 3.34. The van der Waals surface area contributed by atoms with Crippen molar-refractivity contribution in [1.82, 2.24) is 0 Å². The maximum Gasteiger partial charge on any atom is 0.227 e. The lowest BCUT2D eigenvalue weighted by atomic mass is 10.0. The van der Waals surface area contributed by atoms with Gasteiger partial charge in [-0.15, -0.1) is 0 Å². The molecule has 0 spiro atoms. The minimum atomic E-state index is 0.0758. The molecule has 1 amide bonds. The molecule has 0 saturated heterocycles. The molecule has 0 N–H and O–H groups in total. The molecule has 24 heavy (non-hydrogen) atoms. The molecule has 3 heteroatoms. The largest absolute Gasteiger partial charge is 0.307 e. The number of carbonyl (C=O) groups excluding carboxylic acids is 2. The zero-order chi connectivity index (χ0) is 16.8. The Morgan fingerprint density at radius 3 is 2.54 bits per heavy atom. The quantitative estimate of drug-likeness (QED) is 0.479. The molecule has 3 rings (SSSR count). The van der Waals surface area contributed by atoms with Crippen LogP contribution in [0.15, 0.2) is 48.5 Å². The molecule has 0 saturated carbocycles.